The molecule has 0 saturated carbocycles. The van der Waals surface area contributed by atoms with E-state index in [0.717, 1.165) is 18.6 Å². The first kappa shape index (κ1) is 12.3. The highest BCUT2D eigenvalue weighted by Crippen LogP contribution is 2.31. The Morgan fingerprint density at radius 3 is 2.53 bits per heavy atom. The van der Waals surface area contributed by atoms with Crippen molar-refractivity contribution in [3.63, 3.8) is 0 Å². The van der Waals surface area contributed by atoms with Crippen LogP contribution in [0.3, 0.4) is 0 Å². The van der Waals surface area contributed by atoms with E-state index in [-0.39, 0.29) is 17.2 Å². The van der Waals surface area contributed by atoms with Crippen LogP contribution in [0, 0.1) is 17.6 Å². The minimum Gasteiger partial charge on any atom is -0.497 e. The minimum absolute atomic E-state index is 0.0348. The molecule has 1 heterocycles. The van der Waals surface area contributed by atoms with Crippen LogP contribution in [-0.4, -0.2) is 20.3 Å². The van der Waals surface area contributed by atoms with E-state index >= 15 is 0 Å². The molecule has 1 aromatic rings. The van der Waals surface area contributed by atoms with E-state index in [1.165, 1.54) is 7.11 Å². The van der Waals surface area contributed by atoms with Crippen LogP contribution < -0.4 is 10.5 Å². The van der Waals surface area contributed by atoms with Crippen molar-refractivity contribution in [1.82, 2.24) is 0 Å². The molecule has 94 valence electrons. The number of benzene rings is 1. The summed E-state index contributed by atoms with van der Waals surface area (Å²) in [6.45, 7) is 1.05. The third kappa shape index (κ3) is 2.40. The lowest BCUT2D eigenvalue weighted by Crippen LogP contribution is -2.24. The number of ether oxygens (including phenoxy) is 2. The van der Waals surface area contributed by atoms with E-state index in [4.69, 9.17) is 15.2 Å². The molecule has 1 saturated heterocycles. The van der Waals surface area contributed by atoms with Gasteiger partial charge in [-0.05, 0) is 6.42 Å². The summed E-state index contributed by atoms with van der Waals surface area (Å²) in [6, 6.07) is 1.62. The zero-order chi connectivity index (χ0) is 12.4. The third-order valence-electron chi connectivity index (χ3n) is 3.09. The molecule has 1 aliphatic rings. The fraction of sp³-hybridized carbons (Fsp3) is 0.500. The summed E-state index contributed by atoms with van der Waals surface area (Å²) >= 11 is 0. The summed E-state index contributed by atoms with van der Waals surface area (Å²) < 4.78 is 37.5. The van der Waals surface area contributed by atoms with E-state index in [1.807, 2.05) is 0 Å². The van der Waals surface area contributed by atoms with Crippen LogP contribution in [0.5, 0.6) is 5.75 Å². The van der Waals surface area contributed by atoms with Crippen LogP contribution in [0.2, 0.25) is 0 Å². The predicted molar refractivity (Wildman–Crippen MR) is 58.8 cm³/mol. The first-order valence-electron chi connectivity index (χ1n) is 5.49. The molecule has 2 rings (SSSR count). The van der Waals surface area contributed by atoms with Gasteiger partial charge in [0.25, 0.3) is 0 Å². The van der Waals surface area contributed by atoms with Gasteiger partial charge < -0.3 is 15.2 Å². The molecule has 2 unspecified atom stereocenters. The maximum atomic E-state index is 13.8. The highest BCUT2D eigenvalue weighted by atomic mass is 19.1. The van der Waals surface area contributed by atoms with Gasteiger partial charge in [0.15, 0.2) is 0 Å². The largest absolute Gasteiger partial charge is 0.497 e. The van der Waals surface area contributed by atoms with Gasteiger partial charge in [-0.2, -0.15) is 0 Å². The van der Waals surface area contributed by atoms with Crippen molar-refractivity contribution in [2.75, 3.05) is 20.3 Å². The molecule has 0 aliphatic carbocycles. The average Bonchev–Trinajstić information content (AvgIpc) is 2.81. The second-order valence-electron chi connectivity index (χ2n) is 4.15. The van der Waals surface area contributed by atoms with Gasteiger partial charge in [-0.15, -0.1) is 0 Å². The molecule has 1 aromatic carbocycles. The Hall–Kier alpha value is -1.20. The van der Waals surface area contributed by atoms with E-state index in [2.05, 4.69) is 0 Å². The Balaban J connectivity index is 2.30. The van der Waals surface area contributed by atoms with E-state index in [1.54, 1.807) is 0 Å². The molecule has 3 nitrogen and oxygen atoms in total. The monoisotopic (exact) mass is 243 g/mol. The molecule has 0 aromatic heterocycles. The quantitative estimate of drug-likeness (QED) is 0.883. The van der Waals surface area contributed by atoms with Crippen LogP contribution >= 0.6 is 0 Å². The average molecular weight is 243 g/mol. The van der Waals surface area contributed by atoms with Gasteiger partial charge in [-0.3, -0.25) is 0 Å². The summed E-state index contributed by atoms with van der Waals surface area (Å²) in [5.41, 5.74) is 5.81. The summed E-state index contributed by atoms with van der Waals surface area (Å²) in [5, 5.41) is 0. The van der Waals surface area contributed by atoms with Gasteiger partial charge in [0, 0.05) is 36.3 Å². The van der Waals surface area contributed by atoms with Crippen molar-refractivity contribution in [3.05, 3.63) is 29.3 Å². The lowest BCUT2D eigenvalue weighted by atomic mass is 9.92. The molecular weight excluding hydrogens is 228 g/mol. The fourth-order valence-corrected chi connectivity index (χ4v) is 2.07. The van der Waals surface area contributed by atoms with Gasteiger partial charge in [0.05, 0.1) is 13.7 Å². The normalized spacial score (nSPS) is 21.5. The number of hydrogen-bond donors (Lipinski definition) is 1. The number of rotatable bonds is 3. The van der Waals surface area contributed by atoms with Crippen molar-refractivity contribution in [3.8, 4) is 5.75 Å². The highest BCUT2D eigenvalue weighted by molar-refractivity contribution is 5.32. The fourth-order valence-electron chi connectivity index (χ4n) is 2.07. The number of nitrogens with two attached hydrogens (primary N) is 1. The molecule has 1 aliphatic heterocycles. The first-order valence-corrected chi connectivity index (χ1v) is 5.49. The zero-order valence-electron chi connectivity index (χ0n) is 9.58. The van der Waals surface area contributed by atoms with E-state index in [0.29, 0.717) is 13.2 Å². The highest BCUT2D eigenvalue weighted by Gasteiger charge is 2.28. The number of hydrogen-bond acceptors (Lipinski definition) is 3. The lowest BCUT2D eigenvalue weighted by molar-refractivity contribution is 0.180. The van der Waals surface area contributed by atoms with Crippen LogP contribution in [0.4, 0.5) is 8.78 Å². The van der Waals surface area contributed by atoms with Crippen LogP contribution in [0.1, 0.15) is 18.0 Å². The maximum Gasteiger partial charge on any atom is 0.134 e. The number of methoxy groups -OCH3 is 1. The molecule has 0 amide bonds. The standard InChI is InChI=1S/C12H15F2NO2/c1-16-8-4-9(13)11(10(14)5-8)12(15)7-2-3-17-6-7/h4-5,7,12H,2-3,6,15H2,1H3. The van der Waals surface area contributed by atoms with Gasteiger partial charge in [-0.25, -0.2) is 8.78 Å². The molecule has 2 atom stereocenters. The Labute approximate surface area is 98.5 Å². The lowest BCUT2D eigenvalue weighted by Gasteiger charge is -2.19. The third-order valence-corrected chi connectivity index (χ3v) is 3.09. The van der Waals surface area contributed by atoms with Crippen LogP contribution in [0.25, 0.3) is 0 Å². The molecule has 0 radical (unpaired) electrons. The second kappa shape index (κ2) is 4.98. The van der Waals surface area contributed by atoms with Crippen molar-refractivity contribution >= 4 is 0 Å². The van der Waals surface area contributed by atoms with Crippen molar-refractivity contribution < 1.29 is 18.3 Å². The Bertz CT molecular complexity index is 382. The van der Waals surface area contributed by atoms with Crippen LogP contribution in [0.15, 0.2) is 12.1 Å². The number of halogens is 2. The molecule has 0 spiro atoms. The first-order chi connectivity index (χ1) is 8.13. The second-order valence-corrected chi connectivity index (χ2v) is 4.15. The summed E-state index contributed by atoms with van der Waals surface area (Å²) in [6.07, 6.45) is 0.728. The molecular formula is C12H15F2NO2. The van der Waals surface area contributed by atoms with Crippen molar-refractivity contribution in [2.45, 2.75) is 12.5 Å². The van der Waals surface area contributed by atoms with Gasteiger partial charge in [0.1, 0.15) is 17.4 Å². The van der Waals surface area contributed by atoms with Gasteiger partial charge in [-0.1, -0.05) is 0 Å². The van der Waals surface area contributed by atoms with E-state index in [9.17, 15) is 8.78 Å². The van der Waals surface area contributed by atoms with Gasteiger partial charge in [0.2, 0.25) is 0 Å². The summed E-state index contributed by atoms with van der Waals surface area (Å²) in [5.74, 6) is -1.21. The Kier molecular flexibility index (Phi) is 3.59. The molecule has 1 fully saturated rings. The van der Waals surface area contributed by atoms with Crippen molar-refractivity contribution in [2.24, 2.45) is 11.7 Å². The zero-order valence-corrected chi connectivity index (χ0v) is 9.58. The Morgan fingerprint density at radius 2 is 2.06 bits per heavy atom. The SMILES string of the molecule is COc1cc(F)c(C(N)C2CCOC2)c(F)c1. The smallest absolute Gasteiger partial charge is 0.134 e. The summed E-state index contributed by atoms with van der Waals surface area (Å²) in [4.78, 5) is 0. The molecule has 17 heavy (non-hydrogen) atoms. The minimum atomic E-state index is -0.677. The Morgan fingerprint density at radius 1 is 1.41 bits per heavy atom. The van der Waals surface area contributed by atoms with Crippen molar-refractivity contribution in [1.29, 1.82) is 0 Å². The maximum absolute atomic E-state index is 13.8. The molecule has 5 heteroatoms. The molecule has 0 bridgehead atoms. The van der Waals surface area contributed by atoms with Crippen LogP contribution in [-0.2, 0) is 4.74 Å². The van der Waals surface area contributed by atoms with E-state index < -0.39 is 17.7 Å². The topological polar surface area (TPSA) is 44.5 Å². The predicted octanol–water partition coefficient (Wildman–Crippen LogP) is 2.01. The summed E-state index contributed by atoms with van der Waals surface area (Å²) in [7, 11) is 1.36. The molecule has 2 N–H and O–H groups in total. The van der Waals surface area contributed by atoms with Gasteiger partial charge >= 0.3 is 0 Å².